The Hall–Kier alpha value is -2.93. The van der Waals surface area contributed by atoms with Gasteiger partial charge in [0.15, 0.2) is 17.5 Å². The summed E-state index contributed by atoms with van der Waals surface area (Å²) in [6, 6.07) is 13.7. The Kier molecular flexibility index (Phi) is 3.62. The molecular weight excluding hydrogens is 330 g/mol. The van der Waals surface area contributed by atoms with Gasteiger partial charge in [0.1, 0.15) is 5.01 Å². The second-order valence-electron chi connectivity index (χ2n) is 5.00. The Balaban J connectivity index is 1.74. The number of hydrogen-bond donors (Lipinski definition) is 0. The van der Waals surface area contributed by atoms with Gasteiger partial charge in [-0.2, -0.15) is 9.61 Å². The predicted molar refractivity (Wildman–Crippen MR) is 89.4 cm³/mol. The van der Waals surface area contributed by atoms with Crippen LogP contribution in [0.2, 0.25) is 0 Å². The van der Waals surface area contributed by atoms with Gasteiger partial charge in [0, 0.05) is 0 Å². The van der Waals surface area contributed by atoms with Gasteiger partial charge < -0.3 is 0 Å². The molecule has 4 aromatic rings. The summed E-state index contributed by atoms with van der Waals surface area (Å²) in [7, 11) is 0. The molecule has 0 aliphatic heterocycles. The molecule has 0 unspecified atom stereocenters. The van der Waals surface area contributed by atoms with E-state index >= 15 is 0 Å². The summed E-state index contributed by atoms with van der Waals surface area (Å²) < 4.78 is 28.8. The molecular formula is C17H10F2N4S. The van der Waals surface area contributed by atoms with Crippen LogP contribution in [0.5, 0.6) is 0 Å². The largest absolute Gasteiger partial charge is 0.235 e. The van der Waals surface area contributed by atoms with Crippen molar-refractivity contribution in [1.29, 1.82) is 0 Å². The van der Waals surface area contributed by atoms with Crippen LogP contribution >= 0.6 is 11.3 Å². The fraction of sp³-hybridized carbons (Fsp3) is 0. The highest BCUT2D eigenvalue weighted by Gasteiger charge is 2.17. The molecule has 0 saturated heterocycles. The highest BCUT2D eigenvalue weighted by Crippen LogP contribution is 2.25. The zero-order valence-corrected chi connectivity index (χ0v) is 13.0. The predicted octanol–water partition coefficient (Wildman–Crippen LogP) is 4.30. The lowest BCUT2D eigenvalue weighted by Crippen LogP contribution is -1.95. The maximum atomic E-state index is 14.0. The number of nitrogens with zero attached hydrogens (tertiary/aromatic N) is 4. The van der Waals surface area contributed by atoms with Gasteiger partial charge >= 0.3 is 0 Å². The van der Waals surface area contributed by atoms with E-state index in [9.17, 15) is 8.78 Å². The molecule has 2 aromatic carbocycles. The standard InChI is InChI=1S/C17H10F2N4S/c18-13-8-4-7-12(15(13)19)16-20-21-17-23(16)22-14(24-17)10-9-11-5-2-1-3-6-11/h1-10H. The molecule has 0 bridgehead atoms. The summed E-state index contributed by atoms with van der Waals surface area (Å²) in [5.74, 6) is -1.71. The average molecular weight is 340 g/mol. The first-order valence-electron chi connectivity index (χ1n) is 7.12. The van der Waals surface area contributed by atoms with Crippen LogP contribution in [0.1, 0.15) is 10.6 Å². The zero-order valence-electron chi connectivity index (χ0n) is 12.2. The van der Waals surface area contributed by atoms with Gasteiger partial charge in [-0.1, -0.05) is 53.8 Å². The smallest absolute Gasteiger partial charge is 0.204 e. The normalized spacial score (nSPS) is 11.6. The summed E-state index contributed by atoms with van der Waals surface area (Å²) in [5.41, 5.74) is 1.08. The number of benzene rings is 2. The molecule has 0 N–H and O–H groups in total. The Morgan fingerprint density at radius 2 is 1.75 bits per heavy atom. The minimum atomic E-state index is -0.957. The van der Waals surface area contributed by atoms with Crippen LogP contribution in [-0.4, -0.2) is 19.8 Å². The van der Waals surface area contributed by atoms with Crippen molar-refractivity contribution in [2.24, 2.45) is 0 Å². The fourth-order valence-electron chi connectivity index (χ4n) is 2.28. The van der Waals surface area contributed by atoms with Gasteiger partial charge in [-0.05, 0) is 23.8 Å². The number of rotatable bonds is 3. The third-order valence-corrected chi connectivity index (χ3v) is 4.28. The van der Waals surface area contributed by atoms with Crippen LogP contribution in [0.3, 0.4) is 0 Å². The van der Waals surface area contributed by atoms with E-state index in [0.29, 0.717) is 9.97 Å². The van der Waals surface area contributed by atoms with Crippen molar-refractivity contribution in [2.45, 2.75) is 0 Å². The lowest BCUT2D eigenvalue weighted by Gasteiger charge is -1.99. The fourth-order valence-corrected chi connectivity index (χ4v) is 3.02. The monoisotopic (exact) mass is 340 g/mol. The van der Waals surface area contributed by atoms with Crippen LogP contribution in [-0.2, 0) is 0 Å². The van der Waals surface area contributed by atoms with Crippen LogP contribution < -0.4 is 0 Å². The lowest BCUT2D eigenvalue weighted by atomic mass is 10.2. The third-order valence-electron chi connectivity index (χ3n) is 3.42. The zero-order chi connectivity index (χ0) is 16.5. The van der Waals surface area contributed by atoms with Crippen molar-refractivity contribution >= 4 is 28.4 Å². The summed E-state index contributed by atoms with van der Waals surface area (Å²) in [5, 5.41) is 13.0. The van der Waals surface area contributed by atoms with Crippen molar-refractivity contribution in [1.82, 2.24) is 19.8 Å². The molecule has 0 radical (unpaired) electrons. The molecule has 0 aliphatic carbocycles. The van der Waals surface area contributed by atoms with Crippen molar-refractivity contribution in [3.63, 3.8) is 0 Å². The molecule has 0 spiro atoms. The number of aromatic nitrogens is 4. The molecule has 4 rings (SSSR count). The van der Waals surface area contributed by atoms with Crippen molar-refractivity contribution < 1.29 is 8.78 Å². The number of hydrogen-bond acceptors (Lipinski definition) is 4. The molecule has 0 atom stereocenters. The van der Waals surface area contributed by atoms with Crippen molar-refractivity contribution in [2.75, 3.05) is 0 Å². The van der Waals surface area contributed by atoms with Gasteiger partial charge in [-0.3, -0.25) is 0 Å². The molecule has 7 heteroatoms. The maximum Gasteiger partial charge on any atom is 0.235 e. The Labute approximate surface area is 139 Å². The van der Waals surface area contributed by atoms with E-state index in [2.05, 4.69) is 15.3 Å². The van der Waals surface area contributed by atoms with Crippen LogP contribution in [0.25, 0.3) is 28.5 Å². The molecule has 118 valence electrons. The Bertz CT molecular complexity index is 1040. The van der Waals surface area contributed by atoms with Crippen LogP contribution in [0.4, 0.5) is 8.78 Å². The summed E-state index contributed by atoms with van der Waals surface area (Å²) in [4.78, 5) is 0.515. The van der Waals surface area contributed by atoms with Gasteiger partial charge in [-0.25, -0.2) is 8.78 Å². The van der Waals surface area contributed by atoms with E-state index in [4.69, 9.17) is 0 Å². The molecule has 4 nitrogen and oxygen atoms in total. The average Bonchev–Trinajstić information content (AvgIpc) is 3.17. The van der Waals surface area contributed by atoms with E-state index < -0.39 is 11.6 Å². The summed E-state index contributed by atoms with van der Waals surface area (Å²) in [6.45, 7) is 0. The molecule has 2 aromatic heterocycles. The molecule has 0 fully saturated rings. The topological polar surface area (TPSA) is 43.1 Å². The van der Waals surface area contributed by atoms with Gasteiger partial charge in [-0.15, -0.1) is 10.2 Å². The quantitative estimate of drug-likeness (QED) is 0.558. The minimum Gasteiger partial charge on any atom is -0.204 e. The first-order chi connectivity index (χ1) is 11.7. The molecule has 0 aliphatic rings. The van der Waals surface area contributed by atoms with E-state index in [1.54, 1.807) is 0 Å². The maximum absolute atomic E-state index is 14.0. The summed E-state index contributed by atoms with van der Waals surface area (Å²) in [6.07, 6.45) is 3.77. The summed E-state index contributed by atoms with van der Waals surface area (Å²) >= 11 is 1.32. The highest BCUT2D eigenvalue weighted by molar-refractivity contribution is 7.17. The first kappa shape index (κ1) is 14.6. The van der Waals surface area contributed by atoms with Gasteiger partial charge in [0.25, 0.3) is 0 Å². The van der Waals surface area contributed by atoms with Crippen LogP contribution in [0.15, 0.2) is 48.5 Å². The Morgan fingerprint density at radius 3 is 2.58 bits per heavy atom. The Morgan fingerprint density at radius 1 is 0.917 bits per heavy atom. The van der Waals surface area contributed by atoms with E-state index in [1.807, 2.05) is 42.5 Å². The second kappa shape index (κ2) is 5.93. The number of halogens is 2. The first-order valence-corrected chi connectivity index (χ1v) is 7.94. The van der Waals surface area contributed by atoms with E-state index in [1.165, 1.54) is 28.0 Å². The van der Waals surface area contributed by atoms with Crippen molar-refractivity contribution in [3.05, 3.63) is 70.7 Å². The molecule has 0 amide bonds. The van der Waals surface area contributed by atoms with Crippen LogP contribution in [0, 0.1) is 11.6 Å². The lowest BCUT2D eigenvalue weighted by molar-refractivity contribution is 0.510. The third kappa shape index (κ3) is 2.59. The second-order valence-corrected chi connectivity index (χ2v) is 5.99. The SMILES string of the molecule is Fc1cccc(-c2nnc3sc(C=Cc4ccccc4)nn23)c1F. The molecule has 0 saturated carbocycles. The molecule has 2 heterocycles. The van der Waals surface area contributed by atoms with E-state index in [0.717, 1.165) is 11.6 Å². The van der Waals surface area contributed by atoms with E-state index in [-0.39, 0.29) is 11.4 Å². The van der Waals surface area contributed by atoms with Gasteiger partial charge in [0.2, 0.25) is 4.96 Å². The molecule has 24 heavy (non-hydrogen) atoms. The number of fused-ring (bicyclic) bond motifs is 1. The highest BCUT2D eigenvalue weighted by atomic mass is 32.1. The van der Waals surface area contributed by atoms with Crippen molar-refractivity contribution in [3.8, 4) is 11.4 Å². The minimum absolute atomic E-state index is 0.0337. The van der Waals surface area contributed by atoms with Gasteiger partial charge in [0.05, 0.1) is 5.56 Å².